The van der Waals surface area contributed by atoms with Gasteiger partial charge in [-0.25, -0.2) is 4.79 Å². The molecule has 126 valence electrons. The van der Waals surface area contributed by atoms with Crippen molar-refractivity contribution in [2.24, 2.45) is 0 Å². The lowest BCUT2D eigenvalue weighted by molar-refractivity contribution is -0.132. The highest BCUT2D eigenvalue weighted by atomic mass is 16.5. The van der Waals surface area contributed by atoms with E-state index in [2.05, 4.69) is 17.4 Å². The number of hydrogen-bond donors (Lipinski definition) is 1. The molecule has 6 heteroatoms. The third-order valence-electron chi connectivity index (χ3n) is 4.34. The molecule has 0 radical (unpaired) electrons. The fraction of sp³-hybridized carbons (Fsp3) is 0.389. The Labute approximate surface area is 140 Å². The lowest BCUT2D eigenvalue weighted by atomic mass is 9.85. The molecular weight excluding hydrogens is 306 g/mol. The minimum Gasteiger partial charge on any atom is -0.361 e. The third kappa shape index (κ3) is 2.79. The lowest BCUT2D eigenvalue weighted by Crippen LogP contribution is -2.44. The Hall–Kier alpha value is -2.63. The van der Waals surface area contributed by atoms with Gasteiger partial charge in [-0.3, -0.25) is 9.69 Å². The van der Waals surface area contributed by atoms with Gasteiger partial charge in [0.05, 0.1) is 6.54 Å². The van der Waals surface area contributed by atoms with E-state index >= 15 is 0 Å². The van der Waals surface area contributed by atoms with E-state index < -0.39 is 5.54 Å². The minimum atomic E-state index is -0.993. The van der Waals surface area contributed by atoms with Gasteiger partial charge in [-0.15, -0.1) is 0 Å². The van der Waals surface area contributed by atoms with Crippen molar-refractivity contribution in [2.45, 2.75) is 45.2 Å². The minimum absolute atomic E-state index is 0.114. The quantitative estimate of drug-likeness (QED) is 0.827. The molecule has 1 aliphatic heterocycles. The smallest absolute Gasteiger partial charge is 0.325 e. The molecular formula is C18H21N3O3. The fourth-order valence-corrected chi connectivity index (χ4v) is 3.10. The Balaban J connectivity index is 1.93. The summed E-state index contributed by atoms with van der Waals surface area (Å²) in [6.45, 7) is 3.95. The van der Waals surface area contributed by atoms with Crippen LogP contribution in [0.1, 0.15) is 43.2 Å². The molecule has 24 heavy (non-hydrogen) atoms. The number of amides is 3. The number of urea groups is 1. The summed E-state index contributed by atoms with van der Waals surface area (Å²) in [5.74, 6) is 0.421. The second kappa shape index (κ2) is 6.47. The van der Waals surface area contributed by atoms with Gasteiger partial charge in [0.1, 0.15) is 17.0 Å². The predicted molar refractivity (Wildman–Crippen MR) is 88.0 cm³/mol. The number of nitrogens with one attached hydrogen (secondary N) is 1. The van der Waals surface area contributed by atoms with Gasteiger partial charge in [0, 0.05) is 6.07 Å². The number of aromatic nitrogens is 1. The Kier molecular flexibility index (Phi) is 4.38. The largest absolute Gasteiger partial charge is 0.361 e. The van der Waals surface area contributed by atoms with Crippen LogP contribution in [-0.4, -0.2) is 22.0 Å². The average molecular weight is 327 g/mol. The van der Waals surface area contributed by atoms with Crippen molar-refractivity contribution in [3.63, 3.8) is 0 Å². The van der Waals surface area contributed by atoms with Gasteiger partial charge in [0.25, 0.3) is 5.91 Å². The highest BCUT2D eigenvalue weighted by molar-refractivity contribution is 6.07. The molecule has 3 amide bonds. The van der Waals surface area contributed by atoms with Crippen molar-refractivity contribution in [3.8, 4) is 0 Å². The summed E-state index contributed by atoms with van der Waals surface area (Å²) in [5, 5.41) is 6.81. The molecule has 0 saturated carbocycles. The molecule has 6 nitrogen and oxygen atoms in total. The summed E-state index contributed by atoms with van der Waals surface area (Å²) < 4.78 is 5.03. The topological polar surface area (TPSA) is 75.4 Å². The first kappa shape index (κ1) is 16.2. The standard InChI is InChI=1S/C18H21N3O3/c1-3-4-10-18(14-8-6-5-7-9-14)16(22)21(17(23)19-18)12-15-11-13(2)24-20-15/h5-9,11H,3-4,10,12H2,1-2H3,(H,19,23). The van der Waals surface area contributed by atoms with Crippen LogP contribution in [0.5, 0.6) is 0 Å². The molecule has 0 aliphatic carbocycles. The second-order valence-electron chi connectivity index (χ2n) is 6.13. The first-order chi connectivity index (χ1) is 11.6. The van der Waals surface area contributed by atoms with Crippen LogP contribution in [0.3, 0.4) is 0 Å². The van der Waals surface area contributed by atoms with Crippen molar-refractivity contribution in [2.75, 3.05) is 0 Å². The van der Waals surface area contributed by atoms with Gasteiger partial charge >= 0.3 is 6.03 Å². The van der Waals surface area contributed by atoms with Gasteiger partial charge in [0.15, 0.2) is 0 Å². The number of carbonyl (C=O) groups excluding carboxylic acids is 2. The number of nitrogens with zero attached hydrogens (tertiary/aromatic N) is 2. The summed E-state index contributed by atoms with van der Waals surface area (Å²) >= 11 is 0. The first-order valence-electron chi connectivity index (χ1n) is 8.18. The Morgan fingerprint density at radius 2 is 2.00 bits per heavy atom. The number of imide groups is 1. The number of aryl methyl sites for hydroxylation is 1. The number of benzene rings is 1. The molecule has 1 aromatic heterocycles. The number of hydrogen-bond acceptors (Lipinski definition) is 4. The molecule has 1 N–H and O–H groups in total. The van der Waals surface area contributed by atoms with Crippen LogP contribution >= 0.6 is 0 Å². The van der Waals surface area contributed by atoms with E-state index in [4.69, 9.17) is 4.52 Å². The van der Waals surface area contributed by atoms with E-state index in [9.17, 15) is 9.59 Å². The van der Waals surface area contributed by atoms with E-state index in [0.717, 1.165) is 18.4 Å². The van der Waals surface area contributed by atoms with Crippen LogP contribution in [-0.2, 0) is 16.9 Å². The van der Waals surface area contributed by atoms with Crippen LogP contribution < -0.4 is 5.32 Å². The molecule has 1 atom stereocenters. The number of carbonyl (C=O) groups is 2. The Bertz CT molecular complexity index is 741. The molecule has 3 rings (SSSR count). The van der Waals surface area contributed by atoms with E-state index in [1.165, 1.54) is 4.90 Å². The SMILES string of the molecule is CCCCC1(c2ccccc2)NC(=O)N(Cc2cc(C)on2)C1=O. The Morgan fingerprint density at radius 3 is 2.62 bits per heavy atom. The third-order valence-corrected chi connectivity index (χ3v) is 4.34. The number of unbranched alkanes of at least 4 members (excludes halogenated alkanes) is 1. The zero-order chi connectivity index (χ0) is 17.2. The molecule has 2 aromatic rings. The molecule has 1 aliphatic rings. The van der Waals surface area contributed by atoms with Crippen LogP contribution in [0.2, 0.25) is 0 Å². The van der Waals surface area contributed by atoms with Crippen molar-refractivity contribution < 1.29 is 14.1 Å². The predicted octanol–water partition coefficient (Wildman–Crippen LogP) is 3.12. The highest BCUT2D eigenvalue weighted by Gasteiger charge is 2.51. The summed E-state index contributed by atoms with van der Waals surface area (Å²) in [4.78, 5) is 26.8. The first-order valence-corrected chi connectivity index (χ1v) is 8.18. The van der Waals surface area contributed by atoms with Crippen LogP contribution in [0, 0.1) is 6.92 Å². The van der Waals surface area contributed by atoms with Gasteiger partial charge in [-0.2, -0.15) is 0 Å². The zero-order valence-corrected chi connectivity index (χ0v) is 13.9. The molecule has 0 bridgehead atoms. The summed E-state index contributed by atoms with van der Waals surface area (Å²) in [6.07, 6.45) is 2.37. The van der Waals surface area contributed by atoms with E-state index in [0.29, 0.717) is 17.9 Å². The molecule has 1 aromatic carbocycles. The van der Waals surface area contributed by atoms with Crippen LogP contribution in [0.25, 0.3) is 0 Å². The maximum Gasteiger partial charge on any atom is 0.325 e. The molecule has 2 heterocycles. The summed E-state index contributed by atoms with van der Waals surface area (Å²) in [6, 6.07) is 10.8. The van der Waals surface area contributed by atoms with Gasteiger partial charge < -0.3 is 9.84 Å². The van der Waals surface area contributed by atoms with Gasteiger partial charge in [0.2, 0.25) is 0 Å². The lowest BCUT2D eigenvalue weighted by Gasteiger charge is -2.27. The van der Waals surface area contributed by atoms with Crippen molar-refractivity contribution in [1.29, 1.82) is 0 Å². The summed E-state index contributed by atoms with van der Waals surface area (Å²) in [5.41, 5.74) is 0.388. The molecule has 0 spiro atoms. The van der Waals surface area contributed by atoms with Crippen molar-refractivity contribution >= 4 is 11.9 Å². The van der Waals surface area contributed by atoms with E-state index in [1.54, 1.807) is 13.0 Å². The second-order valence-corrected chi connectivity index (χ2v) is 6.13. The Morgan fingerprint density at radius 1 is 1.25 bits per heavy atom. The van der Waals surface area contributed by atoms with Crippen LogP contribution in [0.15, 0.2) is 40.9 Å². The van der Waals surface area contributed by atoms with Crippen molar-refractivity contribution in [1.82, 2.24) is 15.4 Å². The maximum absolute atomic E-state index is 13.1. The molecule has 1 saturated heterocycles. The van der Waals surface area contributed by atoms with Crippen molar-refractivity contribution in [3.05, 3.63) is 53.4 Å². The van der Waals surface area contributed by atoms with Crippen LogP contribution in [0.4, 0.5) is 4.79 Å². The number of rotatable bonds is 6. The van der Waals surface area contributed by atoms with E-state index in [1.807, 2.05) is 30.3 Å². The zero-order valence-electron chi connectivity index (χ0n) is 13.9. The van der Waals surface area contributed by atoms with Gasteiger partial charge in [-0.1, -0.05) is 55.3 Å². The fourth-order valence-electron chi connectivity index (χ4n) is 3.10. The average Bonchev–Trinajstić information content (AvgIpc) is 3.11. The normalized spacial score (nSPS) is 20.5. The maximum atomic E-state index is 13.1. The molecule has 1 unspecified atom stereocenters. The molecule has 1 fully saturated rings. The monoisotopic (exact) mass is 327 g/mol. The highest BCUT2D eigenvalue weighted by Crippen LogP contribution is 2.34. The van der Waals surface area contributed by atoms with Gasteiger partial charge in [-0.05, 0) is 18.9 Å². The summed E-state index contributed by atoms with van der Waals surface area (Å²) in [7, 11) is 0. The van der Waals surface area contributed by atoms with E-state index in [-0.39, 0.29) is 18.5 Å².